The first kappa shape index (κ1) is 52.6. The Kier molecular flexibility index (Phi) is 15.8. The van der Waals surface area contributed by atoms with Gasteiger partial charge in [0.2, 0.25) is 0 Å². The molecule has 12 rings (SSSR count). The average molecular weight is 1120 g/mol. The molecule has 17 nitrogen and oxygen atoms in total. The number of halogens is 4. The van der Waals surface area contributed by atoms with Gasteiger partial charge in [0.25, 0.3) is 0 Å². The summed E-state index contributed by atoms with van der Waals surface area (Å²) in [6, 6.07) is 38.0. The lowest BCUT2D eigenvalue weighted by Gasteiger charge is -2.35. The maximum absolute atomic E-state index is 13.5. The fraction of sp³-hybridized carbons (Fsp3) is 0.207. The van der Waals surface area contributed by atoms with E-state index in [0.717, 1.165) is 74.2 Å². The van der Waals surface area contributed by atoms with E-state index in [9.17, 15) is 19.1 Å². The smallest absolute Gasteiger partial charge is 0.416 e. The number of aromatic amines is 2. The Hall–Kier alpha value is -8.42. The van der Waals surface area contributed by atoms with Crippen LogP contribution in [-0.2, 0) is 25.9 Å². The fourth-order valence-electron chi connectivity index (χ4n) is 9.98. The van der Waals surface area contributed by atoms with E-state index in [4.69, 9.17) is 53.8 Å². The summed E-state index contributed by atoms with van der Waals surface area (Å²) in [4.78, 5) is 41.2. The van der Waals surface area contributed by atoms with Gasteiger partial charge in [0.1, 0.15) is 66.3 Å². The summed E-state index contributed by atoms with van der Waals surface area (Å²) in [6.45, 7) is 2.52. The minimum atomic E-state index is -0.751. The van der Waals surface area contributed by atoms with E-state index < -0.39 is 36.2 Å². The maximum Gasteiger partial charge on any atom is 0.416 e. The number of aryl methyl sites for hydroxylation is 1. The van der Waals surface area contributed by atoms with E-state index in [1.165, 1.54) is 36.9 Å². The molecule has 4 aromatic heterocycles. The summed E-state index contributed by atoms with van der Waals surface area (Å²) < 4.78 is 39.8. The van der Waals surface area contributed by atoms with Gasteiger partial charge >= 0.3 is 12.2 Å². The van der Waals surface area contributed by atoms with Crippen molar-refractivity contribution in [1.82, 2.24) is 49.5 Å². The van der Waals surface area contributed by atoms with Gasteiger partial charge < -0.3 is 34.0 Å². The van der Waals surface area contributed by atoms with Gasteiger partial charge in [-0.2, -0.15) is 5.10 Å². The molecule has 2 aliphatic heterocycles. The average Bonchev–Trinajstić information content (AvgIpc) is 4.52. The number of aliphatic hydroxyl groups is 1. The van der Waals surface area contributed by atoms with Crippen LogP contribution < -0.4 is 18.9 Å². The van der Waals surface area contributed by atoms with Crippen molar-refractivity contribution in [3.63, 3.8) is 0 Å². The second kappa shape index (κ2) is 23.7. The number of rotatable bonds is 14. The normalized spacial score (nSPS) is 15.2. The first-order valence-electron chi connectivity index (χ1n) is 25.4. The van der Waals surface area contributed by atoms with Crippen LogP contribution in [0.4, 0.5) is 14.0 Å². The molecule has 0 saturated heterocycles. The van der Waals surface area contributed by atoms with Crippen molar-refractivity contribution in [2.75, 3.05) is 26.3 Å². The van der Waals surface area contributed by atoms with Gasteiger partial charge in [-0.15, -0.1) is 5.10 Å². The predicted octanol–water partition coefficient (Wildman–Crippen LogP) is 11.8. The number of carbonyl (C=O) groups excluding carboxylic acids is 2. The topological polar surface area (TPSA) is 191 Å². The van der Waals surface area contributed by atoms with Crippen molar-refractivity contribution in [3.8, 4) is 23.0 Å². The van der Waals surface area contributed by atoms with Crippen molar-refractivity contribution in [3.05, 3.63) is 213 Å². The number of nitrogens with zero attached hydrogens (tertiary/aromatic N) is 8. The first-order chi connectivity index (χ1) is 38.5. The fourth-order valence-corrected chi connectivity index (χ4v) is 10.5. The third kappa shape index (κ3) is 12.2. The van der Waals surface area contributed by atoms with Crippen LogP contribution in [0.1, 0.15) is 52.1 Å². The first-order valence-corrected chi connectivity index (χ1v) is 26.5. The minimum Gasteiger partial charge on any atom is -0.494 e. The molecule has 0 spiro atoms. The van der Waals surface area contributed by atoms with Crippen molar-refractivity contribution in [1.29, 1.82) is 0 Å². The van der Waals surface area contributed by atoms with Crippen molar-refractivity contribution >= 4 is 68.8 Å². The molecular weight excluding hydrogens is 1070 g/mol. The van der Waals surface area contributed by atoms with Gasteiger partial charge in [-0.1, -0.05) is 64.3 Å². The highest BCUT2D eigenvalue weighted by Crippen LogP contribution is 2.42. The Bertz CT molecular complexity index is 3700. The molecule has 2 aliphatic rings. The number of carbonyl (C=O) groups is 2. The standard InChI is InChI=1S/C29H25Cl2N5O4.C29H25ClFN5O3/c30-19-3-8-23(9-4-19)40-29(38)36-12-11-24-25-13-20(31)5-10-26(25)34-27(24)28(36)18-1-6-22(7-2-18)39-15-21(37)14-35-17-32-16-33-35;30-20-4-11-26-25(18-20)24-12-15-36(29(37)39-23-9-5-21(31)6-10-23)28(27(24)33-26)19-2-7-22(8-3-19)38-17-1-14-35-16-13-32-34-35/h1-10,13,16-17,21,28,34,37H,11-12,14-15H2;2-11,13,16,18,28,33H,1,12,14-15,17H2. The highest BCUT2D eigenvalue weighted by Gasteiger charge is 2.37. The summed E-state index contributed by atoms with van der Waals surface area (Å²) in [7, 11) is 0. The second-order valence-electron chi connectivity index (χ2n) is 18.8. The van der Waals surface area contributed by atoms with Crippen LogP contribution in [0.3, 0.4) is 0 Å². The Labute approximate surface area is 467 Å². The van der Waals surface area contributed by atoms with Crippen LogP contribution >= 0.6 is 34.8 Å². The van der Waals surface area contributed by atoms with Gasteiger partial charge in [0.15, 0.2) is 0 Å². The lowest BCUT2D eigenvalue weighted by Crippen LogP contribution is -2.42. The molecule has 0 radical (unpaired) electrons. The Morgan fingerprint density at radius 3 is 1.70 bits per heavy atom. The number of benzene rings is 6. The number of nitrogens with one attached hydrogen (secondary N) is 2. The Morgan fingerprint density at radius 2 is 1.18 bits per heavy atom. The van der Waals surface area contributed by atoms with Gasteiger partial charge in [-0.05, 0) is 144 Å². The van der Waals surface area contributed by atoms with Gasteiger partial charge in [-0.3, -0.25) is 19.2 Å². The van der Waals surface area contributed by atoms with Crippen LogP contribution in [-0.4, -0.2) is 99.2 Å². The van der Waals surface area contributed by atoms with Crippen molar-refractivity contribution in [2.45, 2.75) is 50.5 Å². The van der Waals surface area contributed by atoms with E-state index in [1.807, 2.05) is 91.1 Å². The Morgan fingerprint density at radius 1 is 0.658 bits per heavy atom. The van der Waals surface area contributed by atoms with Crippen LogP contribution in [0.2, 0.25) is 15.1 Å². The molecular formula is C58H50Cl3FN10O7. The molecule has 0 aliphatic carbocycles. The second-order valence-corrected chi connectivity index (χ2v) is 20.1. The summed E-state index contributed by atoms with van der Waals surface area (Å²) in [5, 5.41) is 26.0. The number of fused-ring (bicyclic) bond motifs is 6. The van der Waals surface area contributed by atoms with Gasteiger partial charge in [0, 0.05) is 80.5 Å². The summed E-state index contributed by atoms with van der Waals surface area (Å²) in [5.41, 5.74) is 7.75. The van der Waals surface area contributed by atoms with E-state index in [-0.39, 0.29) is 18.9 Å². The molecule has 0 bridgehead atoms. The molecule has 6 aromatic carbocycles. The summed E-state index contributed by atoms with van der Waals surface area (Å²) in [5.74, 6) is 1.63. The monoisotopic (exact) mass is 1120 g/mol. The van der Waals surface area contributed by atoms with Crippen LogP contribution in [0.5, 0.6) is 23.0 Å². The highest BCUT2D eigenvalue weighted by molar-refractivity contribution is 6.32. The van der Waals surface area contributed by atoms with Crippen molar-refractivity contribution in [2.24, 2.45) is 0 Å². The van der Waals surface area contributed by atoms with E-state index in [0.29, 0.717) is 59.1 Å². The largest absolute Gasteiger partial charge is 0.494 e. The molecule has 10 aromatic rings. The van der Waals surface area contributed by atoms with E-state index in [1.54, 1.807) is 49.6 Å². The predicted molar refractivity (Wildman–Crippen MR) is 296 cm³/mol. The van der Waals surface area contributed by atoms with Crippen LogP contribution in [0.15, 0.2) is 159 Å². The molecule has 402 valence electrons. The number of hydrogen-bond donors (Lipinski definition) is 3. The van der Waals surface area contributed by atoms with E-state index in [2.05, 4.69) is 30.4 Å². The zero-order valence-electron chi connectivity index (χ0n) is 42.1. The molecule has 21 heteroatoms. The van der Waals surface area contributed by atoms with E-state index >= 15 is 0 Å². The third-order valence-electron chi connectivity index (χ3n) is 13.7. The molecule has 3 unspecified atom stereocenters. The number of H-pyrrole nitrogens is 2. The molecule has 3 N–H and O–H groups in total. The lowest BCUT2D eigenvalue weighted by molar-refractivity contribution is 0.0892. The third-order valence-corrected chi connectivity index (χ3v) is 14.4. The summed E-state index contributed by atoms with van der Waals surface area (Å²) in [6.07, 6.45) is 6.76. The highest BCUT2D eigenvalue weighted by atomic mass is 35.5. The maximum atomic E-state index is 13.5. The van der Waals surface area contributed by atoms with Crippen LogP contribution in [0.25, 0.3) is 21.8 Å². The van der Waals surface area contributed by atoms with Gasteiger partial charge in [0.05, 0.1) is 19.3 Å². The number of hydrogen-bond acceptors (Lipinski definition) is 11. The lowest BCUT2D eigenvalue weighted by atomic mass is 9.92. The number of aliphatic hydroxyl groups excluding tert-OH is 1. The quantitative estimate of drug-likeness (QED) is 0.0878. The SMILES string of the molecule is O=C(Oc1ccc(Cl)cc1)N1CCc2c([nH]c3ccc(Cl)cc23)C1c1ccc(OCC(O)Cn2cncn2)cc1.O=C(Oc1ccc(F)cc1)N1CCc2c([nH]c3ccc(Cl)cc23)C1c1ccc(OCCCn2ccnn2)cc1. The molecule has 2 amide bonds. The zero-order valence-corrected chi connectivity index (χ0v) is 44.4. The molecule has 6 heterocycles. The Balaban J connectivity index is 0.000000167. The summed E-state index contributed by atoms with van der Waals surface area (Å²) >= 11 is 18.6. The number of ether oxygens (including phenoxy) is 4. The minimum absolute atomic E-state index is 0.0924. The molecule has 79 heavy (non-hydrogen) atoms. The van der Waals surface area contributed by atoms with Crippen molar-refractivity contribution < 1.29 is 38.0 Å². The number of amides is 2. The van der Waals surface area contributed by atoms with Crippen LogP contribution in [0, 0.1) is 5.82 Å². The molecule has 3 atom stereocenters. The zero-order chi connectivity index (χ0) is 54.4. The number of aromatic nitrogens is 8. The molecule has 0 fully saturated rings. The molecule has 0 saturated carbocycles. The van der Waals surface area contributed by atoms with Gasteiger partial charge in [-0.25, -0.2) is 19.0 Å².